The van der Waals surface area contributed by atoms with Crippen LogP contribution in [0.3, 0.4) is 0 Å². The number of carbonyl (C=O) groups excluding carboxylic acids is 2. The Balaban J connectivity index is 1.62. The summed E-state index contributed by atoms with van der Waals surface area (Å²) in [5, 5.41) is 2.86. The quantitative estimate of drug-likeness (QED) is 0.941. The first-order valence-electron chi connectivity index (χ1n) is 7.47. The van der Waals surface area contributed by atoms with Crippen molar-refractivity contribution in [2.45, 2.75) is 12.8 Å². The van der Waals surface area contributed by atoms with Gasteiger partial charge in [-0.1, -0.05) is 36.4 Å². The molecule has 2 aromatic rings. The van der Waals surface area contributed by atoms with E-state index < -0.39 is 0 Å². The van der Waals surface area contributed by atoms with Crippen molar-refractivity contribution < 1.29 is 9.59 Å². The fourth-order valence-electron chi connectivity index (χ4n) is 2.71. The smallest absolute Gasteiger partial charge is 0.251 e. The number of para-hydroxylation sites is 1. The van der Waals surface area contributed by atoms with E-state index in [0.717, 1.165) is 12.1 Å². The van der Waals surface area contributed by atoms with E-state index in [1.165, 1.54) is 5.56 Å². The lowest BCUT2D eigenvalue weighted by atomic mass is 10.0. The number of hydrogen-bond acceptors (Lipinski definition) is 2. The van der Waals surface area contributed by atoms with E-state index in [2.05, 4.69) is 11.4 Å². The van der Waals surface area contributed by atoms with Crippen LogP contribution in [0.15, 0.2) is 54.6 Å². The Morgan fingerprint density at radius 1 is 1.00 bits per heavy atom. The van der Waals surface area contributed by atoms with E-state index >= 15 is 0 Å². The van der Waals surface area contributed by atoms with Crippen LogP contribution in [0.25, 0.3) is 0 Å². The average Bonchev–Trinajstić information content (AvgIpc) is 2.57. The summed E-state index contributed by atoms with van der Waals surface area (Å²) in [6.45, 7) is 0.933. The third-order valence-electron chi connectivity index (χ3n) is 3.85. The highest BCUT2D eigenvalue weighted by Gasteiger charge is 2.23. The lowest BCUT2D eigenvalue weighted by Crippen LogP contribution is -2.41. The second-order valence-electron chi connectivity index (χ2n) is 5.30. The summed E-state index contributed by atoms with van der Waals surface area (Å²) in [5.41, 5.74) is 2.79. The van der Waals surface area contributed by atoms with Crippen molar-refractivity contribution in [3.05, 3.63) is 65.7 Å². The van der Waals surface area contributed by atoms with Gasteiger partial charge in [0.05, 0.1) is 0 Å². The summed E-state index contributed by atoms with van der Waals surface area (Å²) >= 11 is 0. The van der Waals surface area contributed by atoms with Gasteiger partial charge in [0.2, 0.25) is 5.91 Å². The van der Waals surface area contributed by atoms with Gasteiger partial charge >= 0.3 is 0 Å². The highest BCUT2D eigenvalue weighted by Crippen LogP contribution is 2.26. The predicted molar refractivity (Wildman–Crippen MR) is 85.9 cm³/mol. The second-order valence-corrected chi connectivity index (χ2v) is 5.30. The number of rotatable bonds is 4. The molecule has 1 aliphatic heterocycles. The zero-order valence-corrected chi connectivity index (χ0v) is 12.3. The van der Waals surface area contributed by atoms with Gasteiger partial charge in [0.1, 0.15) is 0 Å². The molecule has 0 unspecified atom stereocenters. The summed E-state index contributed by atoms with van der Waals surface area (Å²) in [6, 6.07) is 17.0. The van der Waals surface area contributed by atoms with Crippen LogP contribution in [0.2, 0.25) is 0 Å². The summed E-state index contributed by atoms with van der Waals surface area (Å²) in [6.07, 6.45) is 1.32. The summed E-state index contributed by atoms with van der Waals surface area (Å²) in [7, 11) is 0. The van der Waals surface area contributed by atoms with Crippen LogP contribution in [-0.2, 0) is 11.2 Å². The highest BCUT2D eigenvalue weighted by molar-refractivity contribution is 5.97. The third kappa shape index (κ3) is 3.01. The average molecular weight is 294 g/mol. The molecule has 1 aliphatic rings. The molecule has 0 bridgehead atoms. The van der Waals surface area contributed by atoms with Crippen molar-refractivity contribution in [1.29, 1.82) is 0 Å². The third-order valence-corrected chi connectivity index (χ3v) is 3.85. The normalized spacial score (nSPS) is 13.6. The minimum atomic E-state index is -0.113. The number of amides is 2. The zero-order valence-electron chi connectivity index (χ0n) is 12.3. The Kier molecular flexibility index (Phi) is 4.19. The van der Waals surface area contributed by atoms with Crippen molar-refractivity contribution in [3.8, 4) is 0 Å². The van der Waals surface area contributed by atoms with Gasteiger partial charge < -0.3 is 10.2 Å². The lowest BCUT2D eigenvalue weighted by Gasteiger charge is -2.29. The molecule has 0 radical (unpaired) electrons. The van der Waals surface area contributed by atoms with Gasteiger partial charge in [-0.25, -0.2) is 0 Å². The summed E-state index contributed by atoms with van der Waals surface area (Å²) < 4.78 is 0. The number of aryl methyl sites for hydroxylation is 1. The first kappa shape index (κ1) is 14.3. The van der Waals surface area contributed by atoms with Crippen molar-refractivity contribution in [2.75, 3.05) is 18.0 Å². The van der Waals surface area contributed by atoms with Gasteiger partial charge in [0.15, 0.2) is 0 Å². The molecular weight excluding hydrogens is 276 g/mol. The molecule has 4 nitrogen and oxygen atoms in total. The number of carbonyl (C=O) groups is 2. The molecule has 0 saturated carbocycles. The maximum Gasteiger partial charge on any atom is 0.251 e. The van der Waals surface area contributed by atoms with Crippen LogP contribution >= 0.6 is 0 Å². The van der Waals surface area contributed by atoms with E-state index in [0.29, 0.717) is 25.1 Å². The molecule has 0 fully saturated rings. The Hall–Kier alpha value is -2.62. The molecular formula is C18H18N2O2. The number of benzene rings is 2. The zero-order chi connectivity index (χ0) is 15.4. The first-order chi connectivity index (χ1) is 10.8. The Bertz CT molecular complexity index is 682. The largest absolute Gasteiger partial charge is 0.350 e. The van der Waals surface area contributed by atoms with Gasteiger partial charge in [0.25, 0.3) is 5.91 Å². The van der Waals surface area contributed by atoms with Crippen LogP contribution in [0, 0.1) is 0 Å². The van der Waals surface area contributed by atoms with E-state index in [1.807, 2.05) is 36.4 Å². The minimum absolute atomic E-state index is 0.113. The van der Waals surface area contributed by atoms with Gasteiger partial charge in [-0.05, 0) is 30.2 Å². The first-order valence-corrected chi connectivity index (χ1v) is 7.47. The topological polar surface area (TPSA) is 49.4 Å². The van der Waals surface area contributed by atoms with Crippen molar-refractivity contribution >= 4 is 17.5 Å². The molecule has 2 aromatic carbocycles. The lowest BCUT2D eigenvalue weighted by molar-refractivity contribution is -0.118. The van der Waals surface area contributed by atoms with Crippen LogP contribution in [-0.4, -0.2) is 24.9 Å². The number of nitrogens with zero attached hydrogens (tertiary/aromatic N) is 1. The minimum Gasteiger partial charge on any atom is -0.350 e. The van der Waals surface area contributed by atoms with Crippen LogP contribution in [0.1, 0.15) is 22.3 Å². The number of fused-ring (bicyclic) bond motifs is 1. The van der Waals surface area contributed by atoms with Gasteiger partial charge in [-0.15, -0.1) is 0 Å². The molecule has 112 valence electrons. The van der Waals surface area contributed by atoms with Crippen LogP contribution in [0.4, 0.5) is 5.69 Å². The standard InChI is InChI=1S/C18H18N2O2/c21-17-11-10-14-6-4-5-9-16(14)20(17)13-12-19-18(22)15-7-2-1-3-8-15/h1-9H,10-13H2,(H,19,22). The van der Waals surface area contributed by atoms with E-state index in [1.54, 1.807) is 17.0 Å². The maximum absolute atomic E-state index is 12.1. The van der Waals surface area contributed by atoms with Gasteiger partial charge in [-0.3, -0.25) is 9.59 Å². The second kappa shape index (κ2) is 6.43. The molecule has 1 N–H and O–H groups in total. The van der Waals surface area contributed by atoms with Gasteiger partial charge in [-0.2, -0.15) is 0 Å². The monoisotopic (exact) mass is 294 g/mol. The fourth-order valence-corrected chi connectivity index (χ4v) is 2.71. The Morgan fingerprint density at radius 2 is 1.73 bits per heavy atom. The molecule has 0 saturated heterocycles. The summed E-state index contributed by atoms with van der Waals surface area (Å²) in [4.78, 5) is 25.9. The van der Waals surface area contributed by atoms with Crippen molar-refractivity contribution in [2.24, 2.45) is 0 Å². The molecule has 22 heavy (non-hydrogen) atoms. The van der Waals surface area contributed by atoms with Crippen LogP contribution < -0.4 is 10.2 Å². The molecule has 4 heteroatoms. The van der Waals surface area contributed by atoms with E-state index in [9.17, 15) is 9.59 Å². The fraction of sp³-hybridized carbons (Fsp3) is 0.222. The Labute approximate surface area is 129 Å². The van der Waals surface area contributed by atoms with E-state index in [4.69, 9.17) is 0 Å². The Morgan fingerprint density at radius 3 is 2.55 bits per heavy atom. The molecule has 0 aliphatic carbocycles. The predicted octanol–water partition coefficient (Wildman–Crippen LogP) is 2.40. The van der Waals surface area contributed by atoms with E-state index in [-0.39, 0.29) is 11.8 Å². The highest BCUT2D eigenvalue weighted by atomic mass is 16.2. The van der Waals surface area contributed by atoms with Crippen LogP contribution in [0.5, 0.6) is 0 Å². The van der Waals surface area contributed by atoms with Crippen molar-refractivity contribution in [3.63, 3.8) is 0 Å². The SMILES string of the molecule is O=C(NCCN1C(=O)CCc2ccccc21)c1ccccc1. The number of hydrogen-bond donors (Lipinski definition) is 1. The molecule has 2 amide bonds. The molecule has 0 atom stereocenters. The number of anilines is 1. The molecule has 1 heterocycles. The maximum atomic E-state index is 12.1. The van der Waals surface area contributed by atoms with Crippen molar-refractivity contribution in [1.82, 2.24) is 5.32 Å². The summed E-state index contributed by atoms with van der Waals surface area (Å²) in [5.74, 6) is 0.00556. The number of nitrogens with one attached hydrogen (secondary N) is 1. The molecule has 3 rings (SSSR count). The molecule has 0 spiro atoms. The van der Waals surface area contributed by atoms with Gasteiger partial charge in [0, 0.05) is 30.8 Å². The molecule has 0 aromatic heterocycles.